The number of nitrogens with one attached hydrogen (secondary N) is 1. The van der Waals surface area contributed by atoms with Crippen LogP contribution in [0.15, 0.2) is 36.5 Å². The van der Waals surface area contributed by atoms with Gasteiger partial charge in [0.1, 0.15) is 0 Å². The van der Waals surface area contributed by atoms with Crippen LogP contribution in [0.1, 0.15) is 245 Å². The van der Waals surface area contributed by atoms with Gasteiger partial charge in [0.25, 0.3) is 0 Å². The van der Waals surface area contributed by atoms with E-state index in [0.29, 0.717) is 6.42 Å². The molecule has 0 bridgehead atoms. The second-order valence-electron chi connectivity index (χ2n) is 16.4. The summed E-state index contributed by atoms with van der Waals surface area (Å²) in [6, 6.07) is -0.763. The average molecular weight is 760 g/mol. The molecule has 0 heterocycles. The molecule has 0 saturated carbocycles. The third-order valence-corrected chi connectivity index (χ3v) is 11.0. The fourth-order valence-corrected chi connectivity index (χ4v) is 7.38. The summed E-state index contributed by atoms with van der Waals surface area (Å²) in [5.74, 6) is -0.330. The van der Waals surface area contributed by atoms with Crippen LogP contribution in [0.2, 0.25) is 0 Å². The van der Waals surface area contributed by atoms with Crippen LogP contribution in [0.4, 0.5) is 0 Å². The Morgan fingerprint density at radius 2 is 0.833 bits per heavy atom. The highest BCUT2D eigenvalue weighted by Crippen LogP contribution is 2.17. The van der Waals surface area contributed by atoms with E-state index in [0.717, 1.165) is 38.5 Å². The molecule has 0 radical (unpaired) electrons. The molecule has 318 valence electrons. The minimum absolute atomic E-state index is 0.00448. The van der Waals surface area contributed by atoms with Crippen molar-refractivity contribution in [2.24, 2.45) is 0 Å². The van der Waals surface area contributed by atoms with E-state index in [1.807, 2.05) is 13.0 Å². The molecule has 0 aliphatic rings. The van der Waals surface area contributed by atoms with Gasteiger partial charge in [0.2, 0.25) is 5.91 Å². The summed E-state index contributed by atoms with van der Waals surface area (Å²) in [5, 5.41) is 33.0. The predicted octanol–water partition coefficient (Wildman–Crippen LogP) is 13.9. The van der Waals surface area contributed by atoms with Gasteiger partial charge in [-0.3, -0.25) is 4.79 Å². The molecule has 4 N–H and O–H groups in total. The molecule has 3 unspecified atom stereocenters. The van der Waals surface area contributed by atoms with Crippen molar-refractivity contribution in [1.29, 1.82) is 0 Å². The molecule has 0 aromatic rings. The molecule has 5 nitrogen and oxygen atoms in total. The van der Waals surface area contributed by atoms with E-state index in [9.17, 15) is 20.1 Å². The molecule has 0 aliphatic carbocycles. The molecule has 3 atom stereocenters. The maximum atomic E-state index is 12.4. The van der Waals surface area contributed by atoms with Crippen LogP contribution in [0.3, 0.4) is 0 Å². The van der Waals surface area contributed by atoms with Crippen molar-refractivity contribution in [3.63, 3.8) is 0 Å². The Bertz CT molecular complexity index is 840. The molecular formula is C49H93NO4. The van der Waals surface area contributed by atoms with Gasteiger partial charge in [0.15, 0.2) is 0 Å². The number of rotatable bonds is 43. The number of aliphatic hydroxyl groups excluding tert-OH is 3. The second kappa shape index (κ2) is 44.3. The van der Waals surface area contributed by atoms with E-state index in [1.54, 1.807) is 6.08 Å². The molecule has 54 heavy (non-hydrogen) atoms. The van der Waals surface area contributed by atoms with Crippen molar-refractivity contribution in [3.8, 4) is 0 Å². The largest absolute Gasteiger partial charge is 0.394 e. The lowest BCUT2D eigenvalue weighted by Gasteiger charge is -2.21. The van der Waals surface area contributed by atoms with E-state index in [1.165, 1.54) is 180 Å². The van der Waals surface area contributed by atoms with E-state index in [2.05, 4.69) is 36.5 Å². The summed E-state index contributed by atoms with van der Waals surface area (Å²) in [4.78, 5) is 12.4. The first-order chi connectivity index (χ1) is 26.5. The van der Waals surface area contributed by atoms with Gasteiger partial charge in [-0.15, -0.1) is 0 Å². The summed E-state index contributed by atoms with van der Waals surface area (Å²) in [6.07, 6.45) is 56.4. The first-order valence-corrected chi connectivity index (χ1v) is 23.7. The molecule has 0 fully saturated rings. The van der Waals surface area contributed by atoms with Crippen molar-refractivity contribution in [1.82, 2.24) is 5.32 Å². The maximum absolute atomic E-state index is 12.4. The van der Waals surface area contributed by atoms with Gasteiger partial charge < -0.3 is 20.6 Å². The number of aliphatic hydroxyl groups is 3. The molecule has 0 aliphatic heterocycles. The Hall–Kier alpha value is -1.43. The highest BCUT2D eigenvalue weighted by Gasteiger charge is 2.20. The second-order valence-corrected chi connectivity index (χ2v) is 16.4. The molecule has 0 rings (SSSR count). The van der Waals surface area contributed by atoms with Crippen LogP contribution >= 0.6 is 0 Å². The van der Waals surface area contributed by atoms with Gasteiger partial charge in [0.05, 0.1) is 31.3 Å². The normalized spacial score (nSPS) is 13.8. The van der Waals surface area contributed by atoms with E-state index >= 15 is 0 Å². The Balaban J connectivity index is 3.46. The van der Waals surface area contributed by atoms with Gasteiger partial charge in [-0.25, -0.2) is 0 Å². The van der Waals surface area contributed by atoms with Gasteiger partial charge in [0, 0.05) is 0 Å². The topological polar surface area (TPSA) is 89.8 Å². The lowest BCUT2D eigenvalue weighted by molar-refractivity contribution is -0.124. The van der Waals surface area contributed by atoms with E-state index in [4.69, 9.17) is 0 Å². The molecular weight excluding hydrogens is 667 g/mol. The summed E-state index contributed by atoms with van der Waals surface area (Å²) in [5.41, 5.74) is 0. The molecule has 0 aromatic carbocycles. The third kappa shape index (κ3) is 40.2. The summed E-state index contributed by atoms with van der Waals surface area (Å²) in [6.45, 7) is 3.97. The fourth-order valence-electron chi connectivity index (χ4n) is 7.38. The van der Waals surface area contributed by atoms with Crippen LogP contribution in [0, 0.1) is 0 Å². The average Bonchev–Trinajstić information content (AvgIpc) is 3.16. The smallest absolute Gasteiger partial charge is 0.222 e. The number of hydrogen-bond donors (Lipinski definition) is 4. The van der Waals surface area contributed by atoms with Crippen LogP contribution in [-0.4, -0.2) is 46.1 Å². The standard InChI is InChI=1S/C49H93NO4/c1-3-5-7-9-11-13-14-15-16-17-18-19-20-21-22-23-24-25-26-27-28-29-30-31-32-33-35-36-38-40-42-46(52)44-49(54)50-47(45-51)48(53)43-41-39-37-34-12-10-8-6-4-2/h4,6,12,34,41,43,46-48,51-53H,3,5,7-11,13-33,35-40,42,44-45H2,1-2H3,(H,50,54)/b6-4+,34-12+,43-41+. The van der Waals surface area contributed by atoms with Crippen LogP contribution in [0.25, 0.3) is 0 Å². The minimum atomic E-state index is -0.956. The molecule has 5 heteroatoms. The zero-order chi connectivity index (χ0) is 39.4. The maximum Gasteiger partial charge on any atom is 0.222 e. The summed E-state index contributed by atoms with van der Waals surface area (Å²) in [7, 11) is 0. The first kappa shape index (κ1) is 52.6. The molecule has 0 spiro atoms. The number of allylic oxidation sites excluding steroid dienone is 5. The zero-order valence-electron chi connectivity index (χ0n) is 36.1. The van der Waals surface area contributed by atoms with Crippen molar-refractivity contribution in [2.45, 2.75) is 263 Å². The Morgan fingerprint density at radius 3 is 1.19 bits per heavy atom. The minimum Gasteiger partial charge on any atom is -0.394 e. The molecule has 1 amide bonds. The highest BCUT2D eigenvalue weighted by molar-refractivity contribution is 5.76. The lowest BCUT2D eigenvalue weighted by atomic mass is 10.0. The predicted molar refractivity (Wildman–Crippen MR) is 236 cm³/mol. The fraction of sp³-hybridized carbons (Fsp3) is 0.857. The zero-order valence-corrected chi connectivity index (χ0v) is 36.1. The summed E-state index contributed by atoms with van der Waals surface area (Å²) < 4.78 is 0. The van der Waals surface area contributed by atoms with Crippen LogP contribution in [-0.2, 0) is 4.79 Å². The van der Waals surface area contributed by atoms with Crippen molar-refractivity contribution < 1.29 is 20.1 Å². The Kier molecular flexibility index (Phi) is 43.1. The molecule has 0 saturated heterocycles. The lowest BCUT2D eigenvalue weighted by Crippen LogP contribution is -2.45. The van der Waals surface area contributed by atoms with Crippen molar-refractivity contribution in [3.05, 3.63) is 36.5 Å². The van der Waals surface area contributed by atoms with Crippen LogP contribution < -0.4 is 5.32 Å². The Morgan fingerprint density at radius 1 is 0.500 bits per heavy atom. The number of carbonyl (C=O) groups excluding carboxylic acids is 1. The molecule has 0 aromatic heterocycles. The van der Waals surface area contributed by atoms with Gasteiger partial charge in [-0.05, 0) is 39.0 Å². The monoisotopic (exact) mass is 760 g/mol. The van der Waals surface area contributed by atoms with E-state index < -0.39 is 18.2 Å². The number of carbonyl (C=O) groups is 1. The quantitative estimate of drug-likeness (QED) is 0.0368. The number of hydrogen-bond acceptors (Lipinski definition) is 4. The Labute approximate surface area is 336 Å². The van der Waals surface area contributed by atoms with E-state index in [-0.39, 0.29) is 18.9 Å². The SMILES string of the molecule is C/C=C/CC/C=C/CC/C=C/C(O)C(CO)NC(=O)CC(O)CCCCCCCCCCCCCCCCCCCCCCCCCCCCCCCC. The van der Waals surface area contributed by atoms with Crippen molar-refractivity contribution >= 4 is 5.91 Å². The van der Waals surface area contributed by atoms with Crippen molar-refractivity contribution in [2.75, 3.05) is 6.61 Å². The van der Waals surface area contributed by atoms with Gasteiger partial charge in [-0.2, -0.15) is 0 Å². The van der Waals surface area contributed by atoms with Gasteiger partial charge >= 0.3 is 0 Å². The highest BCUT2D eigenvalue weighted by atomic mass is 16.3. The van der Waals surface area contributed by atoms with Gasteiger partial charge in [-0.1, -0.05) is 236 Å². The first-order valence-electron chi connectivity index (χ1n) is 23.7. The third-order valence-electron chi connectivity index (χ3n) is 11.0. The van der Waals surface area contributed by atoms with Crippen LogP contribution in [0.5, 0.6) is 0 Å². The number of unbranched alkanes of at least 4 members (excludes halogenated alkanes) is 31. The summed E-state index contributed by atoms with van der Waals surface area (Å²) >= 11 is 0. The number of amides is 1.